The van der Waals surface area contributed by atoms with Crippen molar-refractivity contribution < 1.29 is 79.2 Å². The van der Waals surface area contributed by atoms with E-state index < -0.39 is 105 Å². The minimum atomic E-state index is -1.97. The SMILES string of the molecule is CO[C@@H]1OC(C(=O)O)[C@@H](O)[C@@H](O[C@@H]2O[C@@H](CO)C(O)[C@@H]2O)C1O[C@@H]1OC(CO)[C@@H](O)[C@@H](O)C1O. The van der Waals surface area contributed by atoms with E-state index in [0.29, 0.717) is 0 Å². The standard InChI is InChI=1S/C18H30O16/c1-29-18-14(34-17-10(25)8(23)6(21)4(2-19)30-17)12(11(26)13(33-18)15(27)28)32-16-9(24)7(22)5(3-20)31-16/h4-14,16-26H,2-3H2,1H3,(H,27,28)/t4?,5-,6+,7?,8+,9-,10?,11-,12+,13?,14?,16-,17-,18+/m0/s1. The minimum absolute atomic E-state index is 0.683. The lowest BCUT2D eigenvalue weighted by Crippen LogP contribution is -2.66. The number of ether oxygens (including phenoxy) is 6. The van der Waals surface area contributed by atoms with E-state index in [-0.39, 0.29) is 0 Å². The van der Waals surface area contributed by atoms with E-state index in [9.17, 15) is 50.8 Å². The first-order valence-electron chi connectivity index (χ1n) is 10.4. The molecular formula is C18H30O16. The molecule has 14 atom stereocenters. The molecule has 0 saturated carbocycles. The van der Waals surface area contributed by atoms with Crippen LogP contribution < -0.4 is 0 Å². The number of carboxylic acids is 1. The summed E-state index contributed by atoms with van der Waals surface area (Å²) in [6.07, 6.45) is -23.4. The topological polar surface area (TPSA) is 255 Å². The van der Waals surface area contributed by atoms with Gasteiger partial charge in [0.25, 0.3) is 0 Å². The Kier molecular flexibility index (Phi) is 9.15. The Morgan fingerprint density at radius 1 is 0.676 bits per heavy atom. The third kappa shape index (κ3) is 5.20. The van der Waals surface area contributed by atoms with Gasteiger partial charge in [-0.15, -0.1) is 0 Å². The van der Waals surface area contributed by atoms with E-state index in [4.69, 9.17) is 28.4 Å². The van der Waals surface area contributed by atoms with Gasteiger partial charge in [-0.2, -0.15) is 0 Å². The molecule has 3 aliphatic heterocycles. The zero-order valence-electron chi connectivity index (χ0n) is 17.9. The fourth-order valence-electron chi connectivity index (χ4n) is 3.98. The molecule has 0 aromatic rings. The third-order valence-corrected chi connectivity index (χ3v) is 5.92. The van der Waals surface area contributed by atoms with Crippen LogP contribution in [0.2, 0.25) is 0 Å². The van der Waals surface area contributed by atoms with Gasteiger partial charge in [-0.25, -0.2) is 4.79 Å². The predicted molar refractivity (Wildman–Crippen MR) is 101 cm³/mol. The van der Waals surface area contributed by atoms with E-state index in [2.05, 4.69) is 0 Å². The summed E-state index contributed by atoms with van der Waals surface area (Å²) in [6.45, 7) is -1.44. The van der Waals surface area contributed by atoms with Crippen LogP contribution in [0.4, 0.5) is 0 Å². The quantitative estimate of drug-likeness (QED) is 0.150. The van der Waals surface area contributed by atoms with Gasteiger partial charge in [0.15, 0.2) is 25.0 Å². The highest BCUT2D eigenvalue weighted by Gasteiger charge is 2.55. The van der Waals surface area contributed by atoms with E-state index in [0.717, 1.165) is 7.11 Å². The first kappa shape index (κ1) is 27.5. The molecule has 34 heavy (non-hydrogen) atoms. The third-order valence-electron chi connectivity index (χ3n) is 5.92. The van der Waals surface area contributed by atoms with Crippen LogP contribution >= 0.6 is 0 Å². The van der Waals surface area contributed by atoms with Crippen LogP contribution in [0, 0.1) is 0 Å². The van der Waals surface area contributed by atoms with Crippen molar-refractivity contribution >= 4 is 5.97 Å². The van der Waals surface area contributed by atoms with Crippen LogP contribution in [0.1, 0.15) is 0 Å². The van der Waals surface area contributed by atoms with Gasteiger partial charge < -0.3 is 74.4 Å². The molecule has 0 aromatic heterocycles. The van der Waals surface area contributed by atoms with Crippen molar-refractivity contribution in [2.45, 2.75) is 86.0 Å². The van der Waals surface area contributed by atoms with Crippen LogP contribution in [-0.2, 0) is 33.2 Å². The number of carboxylic acid groups (broad SMARTS) is 1. The smallest absolute Gasteiger partial charge is 0.335 e. The van der Waals surface area contributed by atoms with Gasteiger partial charge in [0.05, 0.1) is 13.2 Å². The predicted octanol–water partition coefficient (Wildman–Crippen LogP) is -6.19. The molecule has 16 heteroatoms. The van der Waals surface area contributed by atoms with Crippen molar-refractivity contribution in [2.24, 2.45) is 0 Å². The number of aliphatic hydroxyl groups is 8. The molecule has 0 bridgehead atoms. The lowest BCUT2D eigenvalue weighted by Gasteiger charge is -2.46. The fraction of sp³-hybridized carbons (Fsp3) is 0.944. The van der Waals surface area contributed by atoms with E-state index in [1.54, 1.807) is 0 Å². The van der Waals surface area contributed by atoms with E-state index in [1.807, 2.05) is 0 Å². The monoisotopic (exact) mass is 502 g/mol. The summed E-state index contributed by atoms with van der Waals surface area (Å²) in [5, 5.41) is 89.1. The van der Waals surface area contributed by atoms with Gasteiger partial charge >= 0.3 is 5.97 Å². The van der Waals surface area contributed by atoms with Gasteiger partial charge in [-0.1, -0.05) is 0 Å². The van der Waals surface area contributed by atoms with Gasteiger partial charge in [0.1, 0.15) is 61.0 Å². The molecule has 9 N–H and O–H groups in total. The van der Waals surface area contributed by atoms with Crippen molar-refractivity contribution in [3.8, 4) is 0 Å². The van der Waals surface area contributed by atoms with Crippen molar-refractivity contribution in [3.63, 3.8) is 0 Å². The second kappa shape index (κ2) is 11.3. The average molecular weight is 502 g/mol. The lowest BCUT2D eigenvalue weighted by atomic mass is 9.96. The zero-order valence-corrected chi connectivity index (χ0v) is 17.9. The molecule has 3 saturated heterocycles. The fourth-order valence-corrected chi connectivity index (χ4v) is 3.98. The molecule has 3 fully saturated rings. The summed E-state index contributed by atoms with van der Waals surface area (Å²) in [5.41, 5.74) is 0. The van der Waals surface area contributed by atoms with Crippen molar-refractivity contribution in [3.05, 3.63) is 0 Å². The van der Waals surface area contributed by atoms with Crippen LogP contribution in [0.3, 0.4) is 0 Å². The Bertz CT molecular complexity index is 678. The van der Waals surface area contributed by atoms with Crippen molar-refractivity contribution in [2.75, 3.05) is 20.3 Å². The molecule has 0 spiro atoms. The maximum absolute atomic E-state index is 11.6. The average Bonchev–Trinajstić information content (AvgIpc) is 3.09. The second-order valence-electron chi connectivity index (χ2n) is 8.09. The summed E-state index contributed by atoms with van der Waals surface area (Å²) in [6, 6.07) is 0. The number of carbonyl (C=O) groups is 1. The second-order valence-corrected chi connectivity index (χ2v) is 8.09. The maximum Gasteiger partial charge on any atom is 0.335 e. The van der Waals surface area contributed by atoms with Crippen LogP contribution in [0.15, 0.2) is 0 Å². The Morgan fingerprint density at radius 3 is 1.62 bits per heavy atom. The highest BCUT2D eigenvalue weighted by Crippen LogP contribution is 2.33. The molecule has 3 rings (SSSR count). The van der Waals surface area contributed by atoms with Crippen molar-refractivity contribution in [1.82, 2.24) is 0 Å². The molecule has 5 unspecified atom stereocenters. The highest BCUT2D eigenvalue weighted by molar-refractivity contribution is 5.73. The molecule has 0 amide bonds. The lowest BCUT2D eigenvalue weighted by molar-refractivity contribution is -0.374. The van der Waals surface area contributed by atoms with Gasteiger partial charge in [-0.3, -0.25) is 0 Å². The number of hydrogen-bond donors (Lipinski definition) is 9. The number of hydrogen-bond acceptors (Lipinski definition) is 15. The normalized spacial score (nSPS) is 49.8. The summed E-state index contributed by atoms with van der Waals surface area (Å²) < 4.78 is 32.0. The number of rotatable bonds is 8. The minimum Gasteiger partial charge on any atom is -0.479 e. The Morgan fingerprint density at radius 2 is 1.15 bits per heavy atom. The molecule has 3 aliphatic rings. The summed E-state index contributed by atoms with van der Waals surface area (Å²) >= 11 is 0. The largest absolute Gasteiger partial charge is 0.479 e. The van der Waals surface area contributed by atoms with Gasteiger partial charge in [0, 0.05) is 7.11 Å². The molecule has 16 nitrogen and oxygen atoms in total. The molecular weight excluding hydrogens is 472 g/mol. The van der Waals surface area contributed by atoms with Crippen LogP contribution in [0.5, 0.6) is 0 Å². The van der Waals surface area contributed by atoms with E-state index >= 15 is 0 Å². The first-order valence-corrected chi connectivity index (χ1v) is 10.4. The number of aliphatic carboxylic acids is 1. The zero-order chi connectivity index (χ0) is 25.3. The highest BCUT2D eigenvalue weighted by atomic mass is 16.8. The van der Waals surface area contributed by atoms with Gasteiger partial charge in [-0.05, 0) is 0 Å². The first-order chi connectivity index (χ1) is 16.0. The van der Waals surface area contributed by atoms with Crippen molar-refractivity contribution in [1.29, 1.82) is 0 Å². The molecule has 0 radical (unpaired) electrons. The molecule has 0 aliphatic carbocycles. The molecule has 0 aromatic carbocycles. The number of methoxy groups -OCH3 is 1. The summed E-state index contributed by atoms with van der Waals surface area (Å²) in [5.74, 6) is -1.60. The Balaban J connectivity index is 1.87. The van der Waals surface area contributed by atoms with Crippen LogP contribution in [0.25, 0.3) is 0 Å². The Hall–Kier alpha value is -1.09. The Labute approximate surface area is 192 Å². The number of aliphatic hydroxyl groups excluding tert-OH is 8. The summed E-state index contributed by atoms with van der Waals surface area (Å²) in [4.78, 5) is 11.6. The van der Waals surface area contributed by atoms with E-state index in [1.165, 1.54) is 0 Å². The summed E-state index contributed by atoms with van der Waals surface area (Å²) in [7, 11) is 1.11. The molecule has 198 valence electrons. The van der Waals surface area contributed by atoms with Gasteiger partial charge in [0.2, 0.25) is 0 Å². The van der Waals surface area contributed by atoms with Crippen LogP contribution in [-0.4, -0.2) is 158 Å². The molecule has 3 heterocycles. The maximum atomic E-state index is 11.6.